The predicted molar refractivity (Wildman–Crippen MR) is 158 cm³/mol. The zero-order chi connectivity index (χ0) is 29.6. The highest BCUT2D eigenvalue weighted by atomic mass is 32.2. The molecule has 10 nitrogen and oxygen atoms in total. The third kappa shape index (κ3) is 7.57. The van der Waals surface area contributed by atoms with Gasteiger partial charge < -0.3 is 33.9 Å². The molecule has 2 aromatic carbocycles. The van der Waals surface area contributed by atoms with E-state index >= 15 is 0 Å². The molecule has 5 rings (SSSR count). The fourth-order valence-electron chi connectivity index (χ4n) is 5.99. The first-order chi connectivity index (χ1) is 20.3. The Hall–Kier alpha value is -2.38. The first-order valence-electron chi connectivity index (χ1n) is 14.8. The number of hydrogen-bond acceptors (Lipinski definition) is 9. The quantitative estimate of drug-likeness (QED) is 0.354. The van der Waals surface area contributed by atoms with Crippen molar-refractivity contribution in [3.8, 4) is 5.75 Å². The molecule has 1 unspecified atom stereocenters. The number of fused-ring (bicyclic) bond motifs is 1. The molecular formula is C31H43N3O7S. The van der Waals surface area contributed by atoms with E-state index in [-0.39, 0.29) is 31.4 Å². The van der Waals surface area contributed by atoms with Crippen LogP contribution in [-0.4, -0.2) is 102 Å². The molecule has 3 heterocycles. The van der Waals surface area contributed by atoms with E-state index in [9.17, 15) is 14.5 Å². The maximum Gasteiger partial charge on any atom is 0.407 e. The maximum absolute atomic E-state index is 14.0. The van der Waals surface area contributed by atoms with Crippen molar-refractivity contribution in [3.63, 3.8) is 0 Å². The van der Waals surface area contributed by atoms with Crippen molar-refractivity contribution in [2.75, 3.05) is 40.0 Å². The molecule has 3 aliphatic rings. The molecule has 1 amide bonds. The Balaban J connectivity index is 1.33. The number of nitrogens with zero attached hydrogens (tertiary/aromatic N) is 2. The summed E-state index contributed by atoms with van der Waals surface area (Å²) in [4.78, 5) is 16.1. The number of alkyl carbamates (subject to hydrolysis) is 1. The standard InChI is InChI=1S/C31H43N3O7S/c1-21(2)33-15-13-23(18-33)34(42(37)25-11-9-24(38-3)10-12-25)19-28(35)27(17-22-7-5-4-6-8-22)32-31(36)41-29-20-40-30-26(29)14-16-39-30/h4-12,21,23,26-30,35H,13-20H2,1-3H3,(H,32,36)/t23-,26+,27+,28-,29+,30-,42?/m1/s1. The van der Waals surface area contributed by atoms with Gasteiger partial charge >= 0.3 is 6.09 Å². The molecule has 0 bridgehead atoms. The topological polar surface area (TPSA) is 116 Å². The number of likely N-dealkylation sites (tertiary alicyclic amines) is 1. The van der Waals surface area contributed by atoms with Crippen molar-refractivity contribution < 1.29 is 33.4 Å². The number of nitrogens with one attached hydrogen (secondary N) is 1. The summed E-state index contributed by atoms with van der Waals surface area (Å²) in [7, 11) is 1.60. The first kappa shape index (κ1) is 31.1. The summed E-state index contributed by atoms with van der Waals surface area (Å²) in [5.41, 5.74) is 0.963. The van der Waals surface area contributed by atoms with Gasteiger partial charge in [-0.2, -0.15) is 0 Å². The number of aliphatic hydroxyl groups is 1. The van der Waals surface area contributed by atoms with Crippen LogP contribution in [0, 0.1) is 5.92 Å². The van der Waals surface area contributed by atoms with Crippen molar-refractivity contribution in [2.24, 2.45) is 5.92 Å². The van der Waals surface area contributed by atoms with E-state index in [4.69, 9.17) is 18.9 Å². The molecule has 42 heavy (non-hydrogen) atoms. The first-order valence-corrected chi connectivity index (χ1v) is 15.9. The third-order valence-electron chi connectivity index (χ3n) is 8.48. The normalized spacial score (nSPS) is 26.3. The fraction of sp³-hybridized carbons (Fsp3) is 0.581. The number of ether oxygens (including phenoxy) is 4. The molecule has 11 heteroatoms. The third-order valence-corrected chi connectivity index (χ3v) is 10.0. The Morgan fingerprint density at radius 1 is 1.17 bits per heavy atom. The highest BCUT2D eigenvalue weighted by Gasteiger charge is 2.44. The maximum atomic E-state index is 14.0. The minimum atomic E-state index is -1.54. The minimum Gasteiger partial charge on any atom is -0.593 e. The number of amides is 1. The van der Waals surface area contributed by atoms with Crippen LogP contribution in [0.2, 0.25) is 0 Å². The lowest BCUT2D eigenvalue weighted by Crippen LogP contribution is -2.53. The lowest BCUT2D eigenvalue weighted by molar-refractivity contribution is -0.0907. The lowest BCUT2D eigenvalue weighted by Gasteiger charge is -2.33. The molecule has 0 saturated carbocycles. The zero-order valence-electron chi connectivity index (χ0n) is 24.6. The van der Waals surface area contributed by atoms with E-state index < -0.39 is 35.7 Å². The molecule has 0 aliphatic carbocycles. The number of carbonyl (C=O) groups is 1. The van der Waals surface area contributed by atoms with Gasteiger partial charge in [0.15, 0.2) is 11.2 Å². The highest BCUT2D eigenvalue weighted by Crippen LogP contribution is 2.33. The largest absolute Gasteiger partial charge is 0.593 e. The van der Waals surface area contributed by atoms with Crippen molar-refractivity contribution in [3.05, 3.63) is 60.2 Å². The molecule has 7 atom stereocenters. The summed E-state index contributed by atoms with van der Waals surface area (Å²) < 4.78 is 38.1. The van der Waals surface area contributed by atoms with Gasteiger partial charge in [0.05, 0.1) is 62.3 Å². The predicted octanol–water partition coefficient (Wildman–Crippen LogP) is 2.96. The number of carbonyl (C=O) groups excluding carboxylic acids is 1. The molecule has 0 spiro atoms. The average Bonchev–Trinajstić information content (AvgIpc) is 3.75. The van der Waals surface area contributed by atoms with E-state index in [2.05, 4.69) is 24.1 Å². The van der Waals surface area contributed by atoms with Crippen LogP contribution in [0.1, 0.15) is 32.3 Å². The second kappa shape index (κ2) is 14.4. The van der Waals surface area contributed by atoms with Crippen molar-refractivity contribution in [1.82, 2.24) is 14.5 Å². The molecule has 0 aromatic heterocycles. The van der Waals surface area contributed by atoms with Gasteiger partial charge in [-0.15, -0.1) is 4.31 Å². The average molecular weight is 602 g/mol. The number of benzene rings is 2. The van der Waals surface area contributed by atoms with Crippen LogP contribution in [0.25, 0.3) is 0 Å². The Bertz CT molecular complexity index is 1140. The number of aliphatic hydroxyl groups excluding tert-OH is 1. The van der Waals surface area contributed by atoms with Gasteiger partial charge in [-0.05, 0) is 62.9 Å². The molecule has 2 aromatic rings. The second-order valence-corrected chi connectivity index (χ2v) is 13.0. The minimum absolute atomic E-state index is 0.0157. The van der Waals surface area contributed by atoms with Gasteiger partial charge in [0.25, 0.3) is 0 Å². The molecule has 3 fully saturated rings. The summed E-state index contributed by atoms with van der Waals surface area (Å²) in [5, 5.41) is 14.6. The SMILES string of the molecule is COc1ccc([S+]([O-])N(C[C@@H](O)[C@H](Cc2ccccc2)NC(=O)O[C@H]2CO[C@H]3OCC[C@H]32)[C@@H]2CCN(C(C)C)C2)cc1. The van der Waals surface area contributed by atoms with E-state index in [1.807, 2.05) is 34.6 Å². The number of rotatable bonds is 12. The molecule has 2 N–H and O–H groups in total. The highest BCUT2D eigenvalue weighted by molar-refractivity contribution is 7.89. The van der Waals surface area contributed by atoms with Crippen LogP contribution < -0.4 is 10.1 Å². The Kier molecular flexibility index (Phi) is 10.6. The van der Waals surface area contributed by atoms with E-state index in [0.29, 0.717) is 29.7 Å². The van der Waals surface area contributed by atoms with Gasteiger partial charge in [-0.3, -0.25) is 4.90 Å². The van der Waals surface area contributed by atoms with E-state index in [1.165, 1.54) is 0 Å². The van der Waals surface area contributed by atoms with Crippen molar-refractivity contribution in [2.45, 2.75) is 74.6 Å². The summed E-state index contributed by atoms with van der Waals surface area (Å²) in [6, 6.07) is 16.5. The monoisotopic (exact) mass is 601 g/mol. The van der Waals surface area contributed by atoms with Gasteiger partial charge in [-0.1, -0.05) is 30.3 Å². The van der Waals surface area contributed by atoms with Gasteiger partial charge in [-0.25, -0.2) is 4.79 Å². The van der Waals surface area contributed by atoms with Crippen LogP contribution in [0.4, 0.5) is 4.79 Å². The van der Waals surface area contributed by atoms with Crippen LogP contribution in [0.15, 0.2) is 59.5 Å². The summed E-state index contributed by atoms with van der Waals surface area (Å²) in [6.07, 6.45) is -0.351. The van der Waals surface area contributed by atoms with Gasteiger partial charge in [0.1, 0.15) is 11.9 Å². The summed E-state index contributed by atoms with van der Waals surface area (Å²) >= 11 is -1.54. The summed E-state index contributed by atoms with van der Waals surface area (Å²) in [5.74, 6) is 0.699. The van der Waals surface area contributed by atoms with Crippen molar-refractivity contribution >= 4 is 17.5 Å². The number of hydrogen-bond donors (Lipinski definition) is 2. The van der Waals surface area contributed by atoms with E-state index in [0.717, 1.165) is 31.5 Å². The molecule has 230 valence electrons. The Morgan fingerprint density at radius 3 is 2.62 bits per heavy atom. The molecule has 3 saturated heterocycles. The van der Waals surface area contributed by atoms with Crippen LogP contribution in [0.5, 0.6) is 5.75 Å². The molecule has 0 radical (unpaired) electrons. The Morgan fingerprint density at radius 2 is 1.93 bits per heavy atom. The van der Waals surface area contributed by atoms with Crippen LogP contribution in [0.3, 0.4) is 0 Å². The fourth-order valence-corrected chi connectivity index (χ4v) is 7.36. The molecular weight excluding hydrogens is 558 g/mol. The van der Waals surface area contributed by atoms with Crippen LogP contribution in [-0.2, 0) is 32.0 Å². The van der Waals surface area contributed by atoms with Gasteiger partial charge in [0.2, 0.25) is 0 Å². The van der Waals surface area contributed by atoms with E-state index in [1.54, 1.807) is 31.4 Å². The van der Waals surface area contributed by atoms with Gasteiger partial charge in [0, 0.05) is 19.1 Å². The summed E-state index contributed by atoms with van der Waals surface area (Å²) in [6.45, 7) is 6.93. The zero-order valence-corrected chi connectivity index (χ0v) is 25.4. The lowest BCUT2D eigenvalue weighted by atomic mass is 10.0. The van der Waals surface area contributed by atoms with Crippen molar-refractivity contribution in [1.29, 1.82) is 0 Å². The number of methoxy groups -OCH3 is 1. The Labute approximate surface area is 251 Å². The molecule has 3 aliphatic heterocycles. The smallest absolute Gasteiger partial charge is 0.407 e. The second-order valence-electron chi connectivity index (χ2n) is 11.5. The van der Waals surface area contributed by atoms with Crippen LogP contribution >= 0.6 is 0 Å².